The number of nitrogens with one attached hydrogen (secondary N) is 1. The van der Waals surface area contributed by atoms with Crippen molar-refractivity contribution >= 4 is 0 Å². The van der Waals surface area contributed by atoms with Gasteiger partial charge in [-0.1, -0.05) is 0 Å². The highest BCUT2D eigenvalue weighted by atomic mass is 15.3. The van der Waals surface area contributed by atoms with E-state index < -0.39 is 0 Å². The first-order chi connectivity index (χ1) is 7.96. The van der Waals surface area contributed by atoms with Gasteiger partial charge in [0.05, 0.1) is 6.20 Å². The van der Waals surface area contributed by atoms with Crippen molar-refractivity contribution in [2.75, 3.05) is 13.1 Å². The summed E-state index contributed by atoms with van der Waals surface area (Å²) in [6, 6.07) is 0.629. The molecule has 1 aromatic heterocycles. The van der Waals surface area contributed by atoms with Crippen LogP contribution in [-0.4, -0.2) is 39.4 Å². The van der Waals surface area contributed by atoms with Crippen LogP contribution in [0.15, 0.2) is 12.4 Å². The van der Waals surface area contributed by atoms with Crippen molar-refractivity contribution < 1.29 is 0 Å². The normalized spacial score (nSPS) is 25.8. The lowest BCUT2D eigenvalue weighted by Crippen LogP contribution is -2.47. The minimum atomic E-state index is 0.201. The van der Waals surface area contributed by atoms with Gasteiger partial charge in [0.15, 0.2) is 0 Å². The Kier molecular flexibility index (Phi) is 3.54. The minimum Gasteiger partial charge on any atom is -0.310 e. The first-order valence-electron chi connectivity index (χ1n) is 6.43. The summed E-state index contributed by atoms with van der Waals surface area (Å²) in [7, 11) is 1.97. The molecule has 2 heterocycles. The molecule has 1 atom stereocenters. The summed E-state index contributed by atoms with van der Waals surface area (Å²) >= 11 is 0. The average molecular weight is 236 g/mol. The third kappa shape index (κ3) is 3.30. The van der Waals surface area contributed by atoms with E-state index in [0.717, 1.165) is 19.6 Å². The van der Waals surface area contributed by atoms with Crippen molar-refractivity contribution in [3.05, 3.63) is 18.0 Å². The zero-order valence-corrected chi connectivity index (χ0v) is 11.4. The Bertz CT molecular complexity index is 369. The summed E-state index contributed by atoms with van der Waals surface area (Å²) in [5.74, 6) is 0. The summed E-state index contributed by atoms with van der Waals surface area (Å²) in [6.07, 6.45) is 5.29. The highest BCUT2D eigenvalue weighted by Crippen LogP contribution is 2.18. The Morgan fingerprint density at radius 3 is 2.94 bits per heavy atom. The van der Waals surface area contributed by atoms with Crippen molar-refractivity contribution in [3.8, 4) is 0 Å². The molecule has 96 valence electrons. The lowest BCUT2D eigenvalue weighted by Gasteiger charge is -2.32. The first-order valence-corrected chi connectivity index (χ1v) is 6.43. The maximum absolute atomic E-state index is 4.24. The zero-order valence-electron chi connectivity index (χ0n) is 11.4. The quantitative estimate of drug-likeness (QED) is 0.842. The molecule has 1 saturated heterocycles. The molecule has 0 spiro atoms. The summed E-state index contributed by atoms with van der Waals surface area (Å²) in [5, 5.41) is 7.85. The smallest absolute Gasteiger partial charge is 0.0534 e. The van der Waals surface area contributed by atoms with E-state index >= 15 is 0 Å². The molecule has 0 aromatic carbocycles. The fourth-order valence-corrected chi connectivity index (χ4v) is 2.52. The van der Waals surface area contributed by atoms with E-state index in [0.29, 0.717) is 6.04 Å². The van der Waals surface area contributed by atoms with Crippen molar-refractivity contribution in [2.45, 2.75) is 45.3 Å². The van der Waals surface area contributed by atoms with E-state index in [-0.39, 0.29) is 5.54 Å². The van der Waals surface area contributed by atoms with Gasteiger partial charge >= 0.3 is 0 Å². The van der Waals surface area contributed by atoms with E-state index in [1.54, 1.807) is 0 Å². The minimum absolute atomic E-state index is 0.201. The van der Waals surface area contributed by atoms with Gasteiger partial charge in [-0.15, -0.1) is 0 Å². The number of hydrogen-bond donors (Lipinski definition) is 1. The molecule has 4 nitrogen and oxygen atoms in total. The second-order valence-electron chi connectivity index (χ2n) is 5.88. The Balaban J connectivity index is 2.06. The molecular formula is C13H24N4. The predicted octanol–water partition coefficient (Wildman–Crippen LogP) is 1.38. The van der Waals surface area contributed by atoms with Crippen LogP contribution in [0.4, 0.5) is 0 Å². The monoisotopic (exact) mass is 236 g/mol. The van der Waals surface area contributed by atoms with Crippen LogP contribution in [0.25, 0.3) is 0 Å². The largest absolute Gasteiger partial charge is 0.310 e. The molecule has 1 unspecified atom stereocenters. The maximum Gasteiger partial charge on any atom is 0.0534 e. The number of aromatic nitrogens is 2. The van der Waals surface area contributed by atoms with Gasteiger partial charge in [0.1, 0.15) is 0 Å². The van der Waals surface area contributed by atoms with Crippen molar-refractivity contribution in [1.29, 1.82) is 0 Å². The standard InChI is InChI=1S/C13H24N4/c1-11-5-6-14-13(2,3)10-17(11)9-12-7-15-16(4)8-12/h7-8,11,14H,5-6,9-10H2,1-4H3. The third-order valence-corrected chi connectivity index (χ3v) is 3.53. The number of aryl methyl sites for hydroxylation is 1. The molecule has 1 aliphatic rings. The van der Waals surface area contributed by atoms with E-state index in [1.807, 2.05) is 17.9 Å². The SMILES string of the molecule is CC1CCNC(C)(C)CN1Cc1cnn(C)c1. The van der Waals surface area contributed by atoms with Crippen LogP contribution in [-0.2, 0) is 13.6 Å². The molecule has 1 aliphatic heterocycles. The molecule has 0 aliphatic carbocycles. The average Bonchev–Trinajstić information content (AvgIpc) is 2.56. The van der Waals surface area contributed by atoms with Crippen LogP contribution in [0, 0.1) is 0 Å². The molecule has 1 fully saturated rings. The van der Waals surface area contributed by atoms with Gasteiger partial charge in [-0.2, -0.15) is 5.10 Å². The van der Waals surface area contributed by atoms with Crippen LogP contribution in [0.3, 0.4) is 0 Å². The Labute approximate surface area is 104 Å². The summed E-state index contributed by atoms with van der Waals surface area (Å²) in [5.41, 5.74) is 1.50. The fraction of sp³-hybridized carbons (Fsp3) is 0.769. The van der Waals surface area contributed by atoms with Gasteiger partial charge in [0.25, 0.3) is 0 Å². The molecule has 0 radical (unpaired) electrons. The zero-order chi connectivity index (χ0) is 12.5. The molecule has 4 heteroatoms. The molecule has 17 heavy (non-hydrogen) atoms. The van der Waals surface area contributed by atoms with E-state index in [4.69, 9.17) is 0 Å². The van der Waals surface area contributed by atoms with E-state index in [2.05, 4.69) is 42.3 Å². The van der Waals surface area contributed by atoms with Crippen molar-refractivity contribution in [3.63, 3.8) is 0 Å². The lowest BCUT2D eigenvalue weighted by molar-refractivity contribution is 0.173. The number of hydrogen-bond acceptors (Lipinski definition) is 3. The van der Waals surface area contributed by atoms with Gasteiger partial charge in [-0.25, -0.2) is 0 Å². The summed E-state index contributed by atoms with van der Waals surface area (Å²) in [4.78, 5) is 2.55. The molecule has 0 bridgehead atoms. The molecule has 1 aromatic rings. The molecule has 1 N–H and O–H groups in total. The molecule has 2 rings (SSSR count). The Morgan fingerprint density at radius 1 is 1.53 bits per heavy atom. The third-order valence-electron chi connectivity index (χ3n) is 3.53. The first kappa shape index (κ1) is 12.6. The predicted molar refractivity (Wildman–Crippen MR) is 69.8 cm³/mol. The second kappa shape index (κ2) is 4.78. The summed E-state index contributed by atoms with van der Waals surface area (Å²) < 4.78 is 1.88. The number of rotatable bonds is 2. The van der Waals surface area contributed by atoms with Gasteiger partial charge in [-0.05, 0) is 33.7 Å². The van der Waals surface area contributed by atoms with Crippen molar-refractivity contribution in [2.24, 2.45) is 7.05 Å². The van der Waals surface area contributed by atoms with Gasteiger partial charge in [0, 0.05) is 43.5 Å². The van der Waals surface area contributed by atoms with Crippen molar-refractivity contribution in [1.82, 2.24) is 20.0 Å². The second-order valence-corrected chi connectivity index (χ2v) is 5.88. The maximum atomic E-state index is 4.24. The molecular weight excluding hydrogens is 212 g/mol. The van der Waals surface area contributed by atoms with Crippen LogP contribution in [0.5, 0.6) is 0 Å². The van der Waals surface area contributed by atoms with Crippen LogP contribution >= 0.6 is 0 Å². The lowest BCUT2D eigenvalue weighted by atomic mass is 10.1. The Hall–Kier alpha value is -0.870. The van der Waals surface area contributed by atoms with Crippen LogP contribution < -0.4 is 5.32 Å². The van der Waals surface area contributed by atoms with E-state index in [9.17, 15) is 0 Å². The molecule has 0 amide bonds. The van der Waals surface area contributed by atoms with E-state index in [1.165, 1.54) is 12.0 Å². The number of nitrogens with zero attached hydrogens (tertiary/aromatic N) is 3. The van der Waals surface area contributed by atoms with Gasteiger partial charge < -0.3 is 5.32 Å². The molecule has 0 saturated carbocycles. The van der Waals surface area contributed by atoms with Gasteiger partial charge in [0.2, 0.25) is 0 Å². The highest BCUT2D eigenvalue weighted by Gasteiger charge is 2.27. The van der Waals surface area contributed by atoms with Crippen LogP contribution in [0.2, 0.25) is 0 Å². The van der Waals surface area contributed by atoms with Crippen LogP contribution in [0.1, 0.15) is 32.8 Å². The highest BCUT2D eigenvalue weighted by molar-refractivity contribution is 5.04. The fourth-order valence-electron chi connectivity index (χ4n) is 2.52. The Morgan fingerprint density at radius 2 is 2.29 bits per heavy atom. The summed E-state index contributed by atoms with van der Waals surface area (Å²) in [6.45, 7) is 10.1. The van der Waals surface area contributed by atoms with Gasteiger partial charge in [-0.3, -0.25) is 9.58 Å². The topological polar surface area (TPSA) is 33.1 Å².